The molecule has 0 saturated carbocycles. The molecule has 3 aromatic rings. The van der Waals surface area contributed by atoms with Gasteiger partial charge in [-0.2, -0.15) is 5.10 Å². The topological polar surface area (TPSA) is 110 Å². The van der Waals surface area contributed by atoms with Crippen LogP contribution in [0.15, 0.2) is 46.1 Å². The number of fused-ring (bicyclic) bond motifs is 1. The second kappa shape index (κ2) is 8.87. The summed E-state index contributed by atoms with van der Waals surface area (Å²) in [5.74, 6) is 1.04. The van der Waals surface area contributed by atoms with Gasteiger partial charge < -0.3 is 9.84 Å². The Labute approximate surface area is 187 Å². The summed E-state index contributed by atoms with van der Waals surface area (Å²) in [5.41, 5.74) is 2.57. The molecule has 1 aromatic carbocycles. The normalized spacial score (nSPS) is 16.2. The summed E-state index contributed by atoms with van der Waals surface area (Å²) < 4.78 is 32.9. The van der Waals surface area contributed by atoms with Crippen LogP contribution in [-0.2, 0) is 29.4 Å². The van der Waals surface area contributed by atoms with Crippen LogP contribution in [0.2, 0.25) is 0 Å². The highest BCUT2D eigenvalue weighted by Crippen LogP contribution is 2.30. The Morgan fingerprint density at radius 2 is 2.16 bits per heavy atom. The van der Waals surface area contributed by atoms with Gasteiger partial charge in [0.2, 0.25) is 10.0 Å². The fourth-order valence-corrected chi connectivity index (χ4v) is 4.88. The number of nitrogens with zero attached hydrogens (tertiary/aromatic N) is 4. The maximum Gasteiger partial charge on any atom is 0.278 e. The van der Waals surface area contributed by atoms with E-state index in [-0.39, 0.29) is 10.8 Å². The largest absolute Gasteiger partial charge is 0.360 e. The van der Waals surface area contributed by atoms with Gasteiger partial charge in [-0.1, -0.05) is 30.6 Å². The zero-order chi connectivity index (χ0) is 22.9. The second-order valence-electron chi connectivity index (χ2n) is 8.27. The van der Waals surface area contributed by atoms with Gasteiger partial charge in [0.25, 0.3) is 5.91 Å². The van der Waals surface area contributed by atoms with Crippen LogP contribution >= 0.6 is 0 Å². The number of rotatable bonds is 7. The molecular formula is C22H27N5O4S. The SMILES string of the molecule is CCC1CCc2onc(C(=O)Nc3cnn(Cc4cccc(S(=O)(=O)N(C)C)c4)c3)c2C1. The van der Waals surface area contributed by atoms with Crippen molar-refractivity contribution in [1.82, 2.24) is 19.2 Å². The van der Waals surface area contributed by atoms with Crippen molar-refractivity contribution in [3.8, 4) is 0 Å². The zero-order valence-corrected chi connectivity index (χ0v) is 19.2. The van der Waals surface area contributed by atoms with Gasteiger partial charge in [0.1, 0.15) is 5.76 Å². The Bertz CT molecular complexity index is 1230. The van der Waals surface area contributed by atoms with Crippen molar-refractivity contribution in [2.24, 2.45) is 5.92 Å². The molecule has 4 rings (SSSR count). The summed E-state index contributed by atoms with van der Waals surface area (Å²) in [5, 5.41) is 11.1. The van der Waals surface area contributed by atoms with Gasteiger partial charge in [-0.15, -0.1) is 0 Å². The van der Waals surface area contributed by atoms with Gasteiger partial charge >= 0.3 is 0 Å². The first-order chi connectivity index (χ1) is 15.3. The summed E-state index contributed by atoms with van der Waals surface area (Å²) in [6.45, 7) is 2.52. The van der Waals surface area contributed by atoms with Gasteiger partial charge in [-0.05, 0) is 36.5 Å². The summed E-state index contributed by atoms with van der Waals surface area (Å²) in [4.78, 5) is 13.0. The maximum atomic E-state index is 12.8. The van der Waals surface area contributed by atoms with Crippen LogP contribution in [0.4, 0.5) is 5.69 Å². The van der Waals surface area contributed by atoms with E-state index in [4.69, 9.17) is 4.52 Å². The molecule has 0 fully saturated rings. The Balaban J connectivity index is 1.46. The summed E-state index contributed by atoms with van der Waals surface area (Å²) in [7, 11) is -0.513. The molecule has 2 heterocycles. The molecule has 0 spiro atoms. The van der Waals surface area contributed by atoms with Crippen molar-refractivity contribution >= 4 is 21.6 Å². The average Bonchev–Trinajstić information content (AvgIpc) is 3.39. The van der Waals surface area contributed by atoms with Crippen molar-refractivity contribution in [3.05, 3.63) is 59.2 Å². The second-order valence-corrected chi connectivity index (χ2v) is 10.4. The highest BCUT2D eigenvalue weighted by atomic mass is 32.2. The number of hydrogen-bond acceptors (Lipinski definition) is 6. The van der Waals surface area contributed by atoms with Crippen molar-refractivity contribution in [2.75, 3.05) is 19.4 Å². The zero-order valence-electron chi connectivity index (χ0n) is 18.4. The smallest absolute Gasteiger partial charge is 0.278 e. The molecule has 0 saturated heterocycles. The Morgan fingerprint density at radius 1 is 1.34 bits per heavy atom. The van der Waals surface area contributed by atoms with Crippen LogP contribution in [0.3, 0.4) is 0 Å². The maximum absolute atomic E-state index is 12.8. The van der Waals surface area contributed by atoms with Gasteiger partial charge in [0.15, 0.2) is 5.69 Å². The summed E-state index contributed by atoms with van der Waals surface area (Å²) in [6, 6.07) is 6.73. The lowest BCUT2D eigenvalue weighted by atomic mass is 9.85. The van der Waals surface area contributed by atoms with E-state index in [0.717, 1.165) is 42.6 Å². The van der Waals surface area contributed by atoms with Gasteiger partial charge in [0.05, 0.1) is 23.3 Å². The van der Waals surface area contributed by atoms with Crippen LogP contribution in [0.5, 0.6) is 0 Å². The molecule has 170 valence electrons. The van der Waals surface area contributed by atoms with Gasteiger partial charge in [0, 0.05) is 32.3 Å². The van der Waals surface area contributed by atoms with Crippen molar-refractivity contribution in [1.29, 1.82) is 0 Å². The molecule has 9 nitrogen and oxygen atoms in total. The molecule has 32 heavy (non-hydrogen) atoms. The lowest BCUT2D eigenvalue weighted by Crippen LogP contribution is -2.22. The Kier molecular flexibility index (Phi) is 6.16. The van der Waals surface area contributed by atoms with Crippen molar-refractivity contribution in [3.63, 3.8) is 0 Å². The number of carbonyl (C=O) groups is 1. The van der Waals surface area contributed by atoms with E-state index >= 15 is 0 Å². The molecule has 1 aliphatic carbocycles. The summed E-state index contributed by atoms with van der Waals surface area (Å²) in [6.07, 6.45) is 7.00. The van der Waals surface area contributed by atoms with Gasteiger partial charge in [-0.25, -0.2) is 12.7 Å². The summed E-state index contributed by atoms with van der Waals surface area (Å²) >= 11 is 0. The number of aromatic nitrogens is 3. The molecule has 0 bridgehead atoms. The third-order valence-corrected chi connectivity index (χ3v) is 7.66. The van der Waals surface area contributed by atoms with Gasteiger partial charge in [-0.3, -0.25) is 9.48 Å². The number of sulfonamides is 1. The number of benzene rings is 1. The van der Waals surface area contributed by atoms with E-state index in [1.54, 1.807) is 35.3 Å². The number of aryl methyl sites for hydroxylation is 1. The number of anilines is 1. The quantitative estimate of drug-likeness (QED) is 0.584. The lowest BCUT2D eigenvalue weighted by Gasteiger charge is -2.19. The van der Waals surface area contributed by atoms with E-state index in [1.807, 2.05) is 6.07 Å². The van der Waals surface area contributed by atoms with Crippen LogP contribution < -0.4 is 5.32 Å². The van der Waals surface area contributed by atoms with Crippen molar-refractivity contribution in [2.45, 2.75) is 44.0 Å². The van der Waals surface area contributed by atoms with Crippen LogP contribution in [0.1, 0.15) is 47.1 Å². The molecule has 10 heteroatoms. The Morgan fingerprint density at radius 3 is 2.91 bits per heavy atom. The lowest BCUT2D eigenvalue weighted by molar-refractivity contribution is 0.101. The predicted octanol–water partition coefficient (Wildman–Crippen LogP) is 2.94. The standard InChI is InChI=1S/C22H27N5O4S/c1-4-15-8-9-20-19(11-15)21(25-31-20)22(28)24-17-12-23-27(14-17)13-16-6-5-7-18(10-16)32(29,30)26(2)3/h5-7,10,12,14-15H,4,8-9,11,13H2,1-3H3,(H,24,28). The fourth-order valence-electron chi connectivity index (χ4n) is 3.91. The number of amides is 1. The minimum atomic E-state index is -3.51. The highest BCUT2D eigenvalue weighted by Gasteiger charge is 2.28. The minimum Gasteiger partial charge on any atom is -0.360 e. The molecule has 2 aromatic heterocycles. The average molecular weight is 458 g/mol. The molecular weight excluding hydrogens is 430 g/mol. The number of hydrogen-bond donors (Lipinski definition) is 1. The molecule has 1 unspecified atom stereocenters. The van der Waals surface area contributed by atoms with E-state index in [0.29, 0.717) is 23.8 Å². The highest BCUT2D eigenvalue weighted by molar-refractivity contribution is 7.89. The van der Waals surface area contributed by atoms with E-state index < -0.39 is 10.0 Å². The third-order valence-electron chi connectivity index (χ3n) is 5.85. The molecule has 0 aliphatic heterocycles. The number of carbonyl (C=O) groups excluding carboxylic acids is 1. The number of nitrogens with one attached hydrogen (secondary N) is 1. The third kappa shape index (κ3) is 4.46. The van der Waals surface area contributed by atoms with Crippen molar-refractivity contribution < 1.29 is 17.7 Å². The van der Waals surface area contributed by atoms with Crippen LogP contribution in [-0.4, -0.2) is 47.7 Å². The van der Waals surface area contributed by atoms with E-state index in [1.165, 1.54) is 18.4 Å². The molecule has 1 aliphatic rings. The molecule has 1 amide bonds. The first-order valence-electron chi connectivity index (χ1n) is 10.6. The monoisotopic (exact) mass is 457 g/mol. The minimum absolute atomic E-state index is 0.224. The molecule has 0 radical (unpaired) electrons. The van der Waals surface area contributed by atoms with E-state index in [2.05, 4.69) is 22.5 Å². The predicted molar refractivity (Wildman–Crippen MR) is 119 cm³/mol. The van der Waals surface area contributed by atoms with Crippen LogP contribution in [0.25, 0.3) is 0 Å². The molecule has 1 N–H and O–H groups in total. The first kappa shape index (κ1) is 22.2. The van der Waals surface area contributed by atoms with E-state index in [9.17, 15) is 13.2 Å². The molecule has 1 atom stereocenters. The van der Waals surface area contributed by atoms with Crippen LogP contribution in [0, 0.1) is 5.92 Å². The fraction of sp³-hybridized carbons (Fsp3) is 0.409. The first-order valence-corrected chi connectivity index (χ1v) is 12.0. The Hall–Kier alpha value is -2.98.